The van der Waals surface area contributed by atoms with E-state index in [0.29, 0.717) is 14.4 Å². The molecule has 2 heterocycles. The van der Waals surface area contributed by atoms with Crippen molar-refractivity contribution in [3.63, 3.8) is 0 Å². The Bertz CT molecular complexity index is 475. The fourth-order valence-electron chi connectivity index (χ4n) is 1.27. The van der Waals surface area contributed by atoms with Crippen LogP contribution in [0.2, 0.25) is 8.67 Å². The number of hydrogen-bond donors (Lipinski definition) is 0. The van der Waals surface area contributed by atoms with E-state index >= 15 is 0 Å². The molecule has 0 saturated heterocycles. The van der Waals surface area contributed by atoms with E-state index in [4.69, 9.17) is 39.2 Å². The third-order valence-electron chi connectivity index (χ3n) is 1.97. The zero-order valence-corrected chi connectivity index (χ0v) is 10.8. The Labute approximate surface area is 107 Å². The predicted octanol–water partition coefficient (Wildman–Crippen LogP) is 5.28. The Kier molecular flexibility index (Phi) is 3.31. The summed E-state index contributed by atoms with van der Waals surface area (Å²) >= 11 is 19.4. The van der Waals surface area contributed by atoms with Gasteiger partial charge in [-0.3, -0.25) is 0 Å². The molecular weight excluding hydrogens is 275 g/mol. The predicted molar refractivity (Wildman–Crippen MR) is 65.5 cm³/mol. The molecular formula is C10H7Cl3OS. The Balaban J connectivity index is 2.35. The van der Waals surface area contributed by atoms with E-state index in [2.05, 4.69) is 0 Å². The van der Waals surface area contributed by atoms with E-state index in [9.17, 15) is 0 Å². The molecule has 0 saturated carbocycles. The summed E-state index contributed by atoms with van der Waals surface area (Å²) in [4.78, 5) is 0. The maximum atomic E-state index is 6.23. The number of alkyl halides is 1. The Morgan fingerprint density at radius 3 is 2.53 bits per heavy atom. The number of rotatable bonds is 2. The van der Waals surface area contributed by atoms with Gasteiger partial charge in [-0.25, -0.2) is 0 Å². The lowest BCUT2D eigenvalue weighted by Crippen LogP contribution is -1.88. The zero-order valence-electron chi connectivity index (χ0n) is 7.76. The molecule has 1 nitrogen and oxygen atoms in total. The van der Waals surface area contributed by atoms with E-state index in [1.807, 2.05) is 19.1 Å². The van der Waals surface area contributed by atoms with E-state index in [1.54, 1.807) is 6.07 Å². The highest BCUT2D eigenvalue weighted by molar-refractivity contribution is 7.20. The molecule has 0 aliphatic heterocycles. The number of thiophene rings is 1. The fraction of sp³-hybridized carbons (Fsp3) is 0.200. The highest BCUT2D eigenvalue weighted by Gasteiger charge is 2.19. The summed E-state index contributed by atoms with van der Waals surface area (Å²) < 4.78 is 6.67. The molecule has 0 spiro atoms. The van der Waals surface area contributed by atoms with Gasteiger partial charge in [0.2, 0.25) is 0 Å². The van der Waals surface area contributed by atoms with Crippen LogP contribution in [0, 0.1) is 6.92 Å². The van der Waals surface area contributed by atoms with Crippen LogP contribution in [0.25, 0.3) is 0 Å². The SMILES string of the molecule is Cc1ccc(C(Cl)c2cc(Cl)sc2Cl)o1. The number of furan rings is 1. The van der Waals surface area contributed by atoms with Crippen molar-refractivity contribution < 1.29 is 4.42 Å². The van der Waals surface area contributed by atoms with E-state index in [-0.39, 0.29) is 5.38 Å². The van der Waals surface area contributed by atoms with Crippen LogP contribution in [0.15, 0.2) is 22.6 Å². The van der Waals surface area contributed by atoms with Gasteiger partial charge in [0.05, 0.1) is 8.67 Å². The minimum absolute atomic E-state index is 0.380. The first kappa shape index (κ1) is 11.3. The second-order valence-electron chi connectivity index (χ2n) is 3.09. The Morgan fingerprint density at radius 1 is 1.33 bits per heavy atom. The molecule has 0 aromatic carbocycles. The molecule has 2 rings (SSSR count). The van der Waals surface area contributed by atoms with E-state index in [1.165, 1.54) is 11.3 Å². The van der Waals surface area contributed by atoms with Crippen LogP contribution in [-0.2, 0) is 0 Å². The average molecular weight is 282 g/mol. The van der Waals surface area contributed by atoms with Crippen LogP contribution >= 0.6 is 46.1 Å². The van der Waals surface area contributed by atoms with Gasteiger partial charge in [-0.05, 0) is 25.1 Å². The largest absolute Gasteiger partial charge is 0.464 e. The molecule has 80 valence electrons. The summed E-state index contributed by atoms with van der Waals surface area (Å²) in [5.41, 5.74) is 0.794. The summed E-state index contributed by atoms with van der Waals surface area (Å²) in [6.45, 7) is 1.87. The van der Waals surface area contributed by atoms with Crippen LogP contribution in [0.1, 0.15) is 22.5 Å². The Hall–Kier alpha value is -0.150. The summed E-state index contributed by atoms with van der Waals surface area (Å²) in [6.07, 6.45) is 0. The molecule has 0 aliphatic carbocycles. The Morgan fingerprint density at radius 2 is 2.07 bits per heavy atom. The molecule has 15 heavy (non-hydrogen) atoms. The topological polar surface area (TPSA) is 13.1 Å². The van der Waals surface area contributed by atoms with Gasteiger partial charge in [-0.15, -0.1) is 22.9 Å². The number of aryl methyl sites for hydroxylation is 1. The highest BCUT2D eigenvalue weighted by Crippen LogP contribution is 2.40. The summed E-state index contributed by atoms with van der Waals surface area (Å²) in [7, 11) is 0. The third-order valence-corrected chi connectivity index (χ3v) is 3.94. The number of hydrogen-bond acceptors (Lipinski definition) is 2. The summed E-state index contributed by atoms with van der Waals surface area (Å²) in [5, 5.41) is -0.380. The van der Waals surface area contributed by atoms with Gasteiger partial charge in [-0.2, -0.15) is 0 Å². The normalized spacial score (nSPS) is 13.1. The van der Waals surface area contributed by atoms with Gasteiger partial charge >= 0.3 is 0 Å². The molecule has 0 N–H and O–H groups in total. The first-order valence-electron chi connectivity index (χ1n) is 4.23. The van der Waals surface area contributed by atoms with Crippen LogP contribution in [0.4, 0.5) is 0 Å². The molecule has 0 amide bonds. The van der Waals surface area contributed by atoms with Gasteiger partial charge in [0.15, 0.2) is 0 Å². The molecule has 0 radical (unpaired) electrons. The first-order valence-corrected chi connectivity index (χ1v) is 6.24. The minimum atomic E-state index is -0.380. The van der Waals surface area contributed by atoms with Gasteiger partial charge < -0.3 is 4.42 Å². The fourth-order valence-corrected chi connectivity index (χ4v) is 3.21. The lowest BCUT2D eigenvalue weighted by atomic mass is 10.2. The molecule has 0 aliphatic rings. The van der Waals surface area contributed by atoms with Crippen LogP contribution < -0.4 is 0 Å². The van der Waals surface area contributed by atoms with Crippen LogP contribution in [0.3, 0.4) is 0 Å². The van der Waals surface area contributed by atoms with Crippen molar-refractivity contribution in [1.29, 1.82) is 0 Å². The summed E-state index contributed by atoms with van der Waals surface area (Å²) in [5.74, 6) is 1.51. The van der Waals surface area contributed by atoms with Gasteiger partial charge in [0, 0.05) is 5.56 Å². The average Bonchev–Trinajstić information content (AvgIpc) is 2.71. The van der Waals surface area contributed by atoms with Crippen LogP contribution in [-0.4, -0.2) is 0 Å². The quantitative estimate of drug-likeness (QED) is 0.682. The minimum Gasteiger partial charge on any atom is -0.464 e. The first-order chi connectivity index (χ1) is 7.08. The molecule has 0 fully saturated rings. The van der Waals surface area contributed by atoms with Crippen molar-refractivity contribution in [2.45, 2.75) is 12.3 Å². The zero-order chi connectivity index (χ0) is 11.0. The molecule has 2 aromatic heterocycles. The van der Waals surface area contributed by atoms with Gasteiger partial charge in [0.25, 0.3) is 0 Å². The second-order valence-corrected chi connectivity index (χ2v) is 5.81. The van der Waals surface area contributed by atoms with Crippen molar-refractivity contribution in [2.75, 3.05) is 0 Å². The summed E-state index contributed by atoms with van der Waals surface area (Å²) in [6, 6.07) is 5.48. The number of halogens is 3. The van der Waals surface area contributed by atoms with Crippen molar-refractivity contribution in [1.82, 2.24) is 0 Å². The lowest BCUT2D eigenvalue weighted by Gasteiger charge is -2.04. The lowest BCUT2D eigenvalue weighted by molar-refractivity contribution is 0.489. The van der Waals surface area contributed by atoms with Gasteiger partial charge in [-0.1, -0.05) is 23.2 Å². The maximum absolute atomic E-state index is 6.23. The maximum Gasteiger partial charge on any atom is 0.126 e. The third kappa shape index (κ3) is 2.34. The van der Waals surface area contributed by atoms with Crippen molar-refractivity contribution in [3.05, 3.63) is 44.0 Å². The van der Waals surface area contributed by atoms with Crippen molar-refractivity contribution >= 4 is 46.1 Å². The van der Waals surface area contributed by atoms with Crippen LogP contribution in [0.5, 0.6) is 0 Å². The van der Waals surface area contributed by atoms with Crippen molar-refractivity contribution in [3.8, 4) is 0 Å². The molecule has 5 heteroatoms. The standard InChI is InChI=1S/C10H7Cl3OS/c1-5-2-3-7(14-5)9(12)6-4-8(11)15-10(6)13/h2-4,9H,1H3. The van der Waals surface area contributed by atoms with Crippen molar-refractivity contribution in [2.24, 2.45) is 0 Å². The van der Waals surface area contributed by atoms with Gasteiger partial charge in [0.1, 0.15) is 16.9 Å². The second kappa shape index (κ2) is 4.38. The van der Waals surface area contributed by atoms with E-state index < -0.39 is 0 Å². The molecule has 2 aromatic rings. The smallest absolute Gasteiger partial charge is 0.126 e. The molecule has 1 atom stereocenters. The highest BCUT2D eigenvalue weighted by atomic mass is 35.5. The van der Waals surface area contributed by atoms with E-state index in [0.717, 1.165) is 11.3 Å². The monoisotopic (exact) mass is 280 g/mol. The molecule has 1 unspecified atom stereocenters. The molecule has 0 bridgehead atoms.